The van der Waals surface area contributed by atoms with Crippen LogP contribution < -0.4 is 0 Å². The van der Waals surface area contributed by atoms with Gasteiger partial charge in [-0.05, 0) is 37.5 Å². The first-order valence-electron chi connectivity index (χ1n) is 6.35. The van der Waals surface area contributed by atoms with Crippen molar-refractivity contribution in [3.63, 3.8) is 0 Å². The average Bonchev–Trinajstić information content (AvgIpc) is 2.27. The molecule has 0 spiro atoms. The number of hydrogen-bond acceptors (Lipinski definition) is 4. The molecule has 1 N–H and O–H groups in total. The first-order chi connectivity index (χ1) is 7.95. The molecule has 17 heavy (non-hydrogen) atoms. The molecule has 0 bridgehead atoms. The predicted molar refractivity (Wildman–Crippen MR) is 66.1 cm³/mol. The summed E-state index contributed by atoms with van der Waals surface area (Å²) in [4.78, 5) is 11.6. The van der Waals surface area contributed by atoms with Crippen molar-refractivity contribution in [3.05, 3.63) is 0 Å². The SMILES string of the molecule is C/C(=N/O)C(=O)O[C@@H]1C[C@H](C)CC[C@@H]1C(C)C. The smallest absolute Gasteiger partial charge is 0.356 e. The molecule has 1 aliphatic carbocycles. The Bertz CT molecular complexity index is 299. The molecular formula is C13H23NO3. The Hall–Kier alpha value is -1.06. The van der Waals surface area contributed by atoms with Crippen molar-refractivity contribution in [1.82, 2.24) is 0 Å². The quantitative estimate of drug-likeness (QED) is 0.358. The molecule has 0 radical (unpaired) electrons. The number of oxime groups is 1. The second kappa shape index (κ2) is 6.03. The highest BCUT2D eigenvalue weighted by molar-refractivity contribution is 6.35. The second-order valence-electron chi connectivity index (χ2n) is 5.46. The summed E-state index contributed by atoms with van der Waals surface area (Å²) in [5, 5.41) is 11.4. The van der Waals surface area contributed by atoms with Gasteiger partial charge in [-0.2, -0.15) is 0 Å². The van der Waals surface area contributed by atoms with E-state index in [1.807, 2.05) is 0 Å². The monoisotopic (exact) mass is 241 g/mol. The van der Waals surface area contributed by atoms with E-state index in [9.17, 15) is 4.79 Å². The summed E-state index contributed by atoms with van der Waals surface area (Å²) < 4.78 is 5.46. The summed E-state index contributed by atoms with van der Waals surface area (Å²) in [5.41, 5.74) is 0.0192. The van der Waals surface area contributed by atoms with Crippen molar-refractivity contribution < 1.29 is 14.7 Å². The number of ether oxygens (including phenoxy) is 1. The highest BCUT2D eigenvalue weighted by Crippen LogP contribution is 2.35. The van der Waals surface area contributed by atoms with Crippen LogP contribution in [0, 0.1) is 17.8 Å². The summed E-state index contributed by atoms with van der Waals surface area (Å²) in [5.74, 6) is 1.01. The molecule has 0 aromatic rings. The van der Waals surface area contributed by atoms with E-state index in [1.165, 1.54) is 13.3 Å². The van der Waals surface area contributed by atoms with E-state index in [0.29, 0.717) is 17.8 Å². The van der Waals surface area contributed by atoms with Crippen LogP contribution in [0.4, 0.5) is 0 Å². The van der Waals surface area contributed by atoms with Crippen LogP contribution in [0.15, 0.2) is 5.16 Å². The zero-order chi connectivity index (χ0) is 13.0. The van der Waals surface area contributed by atoms with Gasteiger partial charge in [-0.25, -0.2) is 4.79 Å². The number of nitrogens with zero attached hydrogens (tertiary/aromatic N) is 1. The third-order valence-corrected chi connectivity index (χ3v) is 3.67. The fourth-order valence-corrected chi connectivity index (χ4v) is 2.51. The molecular weight excluding hydrogens is 218 g/mol. The van der Waals surface area contributed by atoms with Crippen LogP contribution in [0.1, 0.15) is 47.0 Å². The topological polar surface area (TPSA) is 58.9 Å². The molecule has 1 aliphatic rings. The summed E-state index contributed by atoms with van der Waals surface area (Å²) >= 11 is 0. The van der Waals surface area contributed by atoms with Crippen molar-refractivity contribution in [2.75, 3.05) is 0 Å². The predicted octanol–water partition coefficient (Wildman–Crippen LogP) is 2.84. The number of carbonyl (C=O) groups excluding carboxylic acids is 1. The third-order valence-electron chi connectivity index (χ3n) is 3.67. The van der Waals surface area contributed by atoms with Crippen molar-refractivity contribution in [1.29, 1.82) is 0 Å². The van der Waals surface area contributed by atoms with Gasteiger partial charge in [0, 0.05) is 0 Å². The number of carbonyl (C=O) groups is 1. The molecule has 4 heteroatoms. The van der Waals surface area contributed by atoms with Crippen LogP contribution in [0.5, 0.6) is 0 Å². The molecule has 4 nitrogen and oxygen atoms in total. The summed E-state index contributed by atoms with van der Waals surface area (Å²) in [6.45, 7) is 7.96. The Balaban J connectivity index is 2.67. The Morgan fingerprint density at radius 2 is 2.06 bits per heavy atom. The van der Waals surface area contributed by atoms with Gasteiger partial charge in [-0.3, -0.25) is 0 Å². The highest BCUT2D eigenvalue weighted by atomic mass is 16.5. The van der Waals surface area contributed by atoms with Crippen molar-refractivity contribution in [2.24, 2.45) is 22.9 Å². The van der Waals surface area contributed by atoms with Crippen molar-refractivity contribution in [2.45, 2.75) is 53.1 Å². The van der Waals surface area contributed by atoms with Crippen LogP contribution in [-0.4, -0.2) is 23.0 Å². The van der Waals surface area contributed by atoms with Gasteiger partial charge in [-0.15, -0.1) is 0 Å². The molecule has 0 heterocycles. The first-order valence-corrected chi connectivity index (χ1v) is 6.35. The van der Waals surface area contributed by atoms with Gasteiger partial charge < -0.3 is 9.94 Å². The molecule has 0 aromatic heterocycles. The molecule has 0 aromatic carbocycles. The molecule has 0 unspecified atom stereocenters. The lowest BCUT2D eigenvalue weighted by Gasteiger charge is -2.36. The van der Waals surface area contributed by atoms with E-state index in [2.05, 4.69) is 25.9 Å². The lowest BCUT2D eigenvalue weighted by atomic mass is 9.75. The zero-order valence-electron chi connectivity index (χ0n) is 11.1. The first kappa shape index (κ1) is 14.0. The molecule has 3 atom stereocenters. The Morgan fingerprint density at radius 3 is 2.59 bits per heavy atom. The summed E-state index contributed by atoms with van der Waals surface area (Å²) in [6.07, 6.45) is 3.17. The van der Waals surface area contributed by atoms with E-state index >= 15 is 0 Å². The van der Waals surface area contributed by atoms with Crippen molar-refractivity contribution in [3.8, 4) is 0 Å². The third kappa shape index (κ3) is 3.72. The number of esters is 1. The summed E-state index contributed by atoms with van der Waals surface area (Å²) in [7, 11) is 0. The molecule has 1 fully saturated rings. The van der Waals surface area contributed by atoms with Gasteiger partial charge in [-0.1, -0.05) is 32.3 Å². The van der Waals surface area contributed by atoms with E-state index in [0.717, 1.165) is 12.8 Å². The molecule has 0 saturated heterocycles. The van der Waals surface area contributed by atoms with Crippen LogP contribution >= 0.6 is 0 Å². The lowest BCUT2D eigenvalue weighted by Crippen LogP contribution is -2.37. The highest BCUT2D eigenvalue weighted by Gasteiger charge is 2.33. The largest absolute Gasteiger partial charge is 0.458 e. The van der Waals surface area contributed by atoms with Gasteiger partial charge in [0.2, 0.25) is 0 Å². The van der Waals surface area contributed by atoms with E-state index in [-0.39, 0.29) is 11.8 Å². The average molecular weight is 241 g/mol. The molecule has 98 valence electrons. The van der Waals surface area contributed by atoms with Gasteiger partial charge in [0.05, 0.1) is 0 Å². The second-order valence-corrected chi connectivity index (χ2v) is 5.46. The van der Waals surface area contributed by atoms with Crippen LogP contribution in [0.25, 0.3) is 0 Å². The maximum atomic E-state index is 11.6. The summed E-state index contributed by atoms with van der Waals surface area (Å²) in [6, 6.07) is 0. The van der Waals surface area contributed by atoms with Crippen LogP contribution in [0.3, 0.4) is 0 Å². The molecule has 0 amide bonds. The van der Waals surface area contributed by atoms with Gasteiger partial charge in [0.1, 0.15) is 6.10 Å². The van der Waals surface area contributed by atoms with E-state index in [4.69, 9.17) is 9.94 Å². The normalized spacial score (nSPS) is 30.4. The fourth-order valence-electron chi connectivity index (χ4n) is 2.51. The number of rotatable bonds is 3. The van der Waals surface area contributed by atoms with Gasteiger partial charge >= 0.3 is 5.97 Å². The minimum atomic E-state index is -0.503. The standard InChI is InChI=1S/C13H23NO3/c1-8(2)11-6-5-9(3)7-12(11)17-13(15)10(4)14-16/h8-9,11-12,16H,5-7H2,1-4H3/b14-10-/t9-,11-,12-/m1/s1. The Morgan fingerprint density at radius 1 is 1.41 bits per heavy atom. The number of hydrogen-bond donors (Lipinski definition) is 1. The fraction of sp³-hybridized carbons (Fsp3) is 0.846. The van der Waals surface area contributed by atoms with Gasteiger partial charge in [0.25, 0.3) is 0 Å². The van der Waals surface area contributed by atoms with Crippen LogP contribution in [-0.2, 0) is 9.53 Å². The molecule has 1 rings (SSSR count). The van der Waals surface area contributed by atoms with Gasteiger partial charge in [0.15, 0.2) is 5.71 Å². The maximum absolute atomic E-state index is 11.6. The minimum Gasteiger partial charge on any atom is -0.458 e. The lowest BCUT2D eigenvalue weighted by molar-refractivity contribution is -0.147. The molecule has 1 saturated carbocycles. The zero-order valence-corrected chi connectivity index (χ0v) is 11.1. The minimum absolute atomic E-state index is 0.0192. The van der Waals surface area contributed by atoms with Crippen LogP contribution in [0.2, 0.25) is 0 Å². The van der Waals surface area contributed by atoms with Crippen molar-refractivity contribution >= 4 is 11.7 Å². The van der Waals surface area contributed by atoms with E-state index < -0.39 is 5.97 Å². The Labute approximate surface area is 103 Å². The van der Waals surface area contributed by atoms with E-state index in [1.54, 1.807) is 0 Å². The maximum Gasteiger partial charge on any atom is 0.356 e. The molecule has 0 aliphatic heterocycles. The Kier molecular flexibility index (Phi) is 4.97.